The lowest BCUT2D eigenvalue weighted by Crippen LogP contribution is -2.58. The lowest BCUT2D eigenvalue weighted by Gasteiger charge is -2.40. The van der Waals surface area contributed by atoms with Crippen LogP contribution < -0.4 is 15.1 Å². The van der Waals surface area contributed by atoms with E-state index in [0.29, 0.717) is 42.8 Å². The number of benzene rings is 3. The van der Waals surface area contributed by atoms with Gasteiger partial charge in [-0.15, -0.1) is 0 Å². The second kappa shape index (κ2) is 13.3. The van der Waals surface area contributed by atoms with Gasteiger partial charge in [-0.05, 0) is 80.0 Å². The molecule has 1 saturated heterocycles. The van der Waals surface area contributed by atoms with Crippen LogP contribution in [0, 0.1) is 5.92 Å². The smallest absolute Gasteiger partial charge is 0.318 e. The summed E-state index contributed by atoms with van der Waals surface area (Å²) in [6, 6.07) is 20.6. The van der Waals surface area contributed by atoms with Gasteiger partial charge in [0.2, 0.25) is 5.91 Å². The van der Waals surface area contributed by atoms with E-state index in [1.165, 1.54) is 0 Å². The number of amides is 3. The van der Waals surface area contributed by atoms with Crippen molar-refractivity contribution < 1.29 is 9.59 Å². The predicted octanol–water partition coefficient (Wildman–Crippen LogP) is 6.25. The fraction of sp³-hybridized carbons (Fsp3) is 0.371. The van der Waals surface area contributed by atoms with Crippen molar-refractivity contribution in [3.63, 3.8) is 0 Å². The molecule has 1 aromatic heterocycles. The molecule has 0 radical (unpaired) electrons. The molecule has 236 valence electrons. The number of nitrogens with zero attached hydrogens (tertiary/aromatic N) is 4. The molecule has 2 unspecified atom stereocenters. The Kier molecular flexibility index (Phi) is 9.26. The summed E-state index contributed by atoms with van der Waals surface area (Å²) in [5.74, 6) is -0.185. The van der Waals surface area contributed by atoms with Gasteiger partial charge in [0, 0.05) is 83.7 Å². The number of anilines is 2. The van der Waals surface area contributed by atoms with E-state index in [0.717, 1.165) is 46.4 Å². The molecule has 8 nitrogen and oxygen atoms in total. The first-order valence-electron chi connectivity index (χ1n) is 15.5. The van der Waals surface area contributed by atoms with E-state index in [-0.39, 0.29) is 23.8 Å². The molecule has 2 aliphatic heterocycles. The van der Waals surface area contributed by atoms with E-state index in [1.54, 1.807) is 0 Å². The third-order valence-corrected chi connectivity index (χ3v) is 9.54. The van der Waals surface area contributed by atoms with E-state index in [2.05, 4.69) is 26.2 Å². The molecule has 3 heterocycles. The zero-order valence-electron chi connectivity index (χ0n) is 26.0. The molecule has 1 fully saturated rings. The molecular weight excluding hydrogens is 607 g/mol. The second-order valence-corrected chi connectivity index (χ2v) is 13.4. The number of para-hydroxylation sites is 1. The highest BCUT2D eigenvalue weighted by Crippen LogP contribution is 2.35. The largest absolute Gasteiger partial charge is 0.368 e. The molecule has 3 amide bonds. The van der Waals surface area contributed by atoms with Gasteiger partial charge in [0.15, 0.2) is 0 Å². The lowest BCUT2D eigenvalue weighted by molar-refractivity contribution is -0.121. The van der Waals surface area contributed by atoms with Gasteiger partial charge < -0.3 is 29.9 Å². The molecule has 3 aromatic carbocycles. The predicted molar refractivity (Wildman–Crippen MR) is 184 cm³/mol. The van der Waals surface area contributed by atoms with Gasteiger partial charge >= 0.3 is 6.03 Å². The average molecular weight is 648 g/mol. The average Bonchev–Trinajstić information content (AvgIpc) is 3.46. The Morgan fingerprint density at radius 3 is 2.49 bits per heavy atom. The van der Waals surface area contributed by atoms with Crippen LogP contribution in [0.25, 0.3) is 10.9 Å². The quantitative estimate of drug-likeness (QED) is 0.249. The van der Waals surface area contributed by atoms with Gasteiger partial charge in [0.05, 0.1) is 0 Å². The molecular formula is C35H40Cl2N6O2. The van der Waals surface area contributed by atoms with Crippen molar-refractivity contribution in [2.45, 2.75) is 25.3 Å². The normalized spacial score (nSPS) is 18.2. The van der Waals surface area contributed by atoms with Crippen LogP contribution in [0.2, 0.25) is 10.0 Å². The number of aromatic amines is 1. The molecule has 0 aliphatic carbocycles. The highest BCUT2D eigenvalue weighted by molar-refractivity contribution is 6.31. The number of piperazine rings is 1. The zero-order valence-corrected chi connectivity index (χ0v) is 27.5. The highest BCUT2D eigenvalue weighted by atomic mass is 35.5. The van der Waals surface area contributed by atoms with Crippen molar-refractivity contribution >= 4 is 57.4 Å². The lowest BCUT2D eigenvalue weighted by atomic mass is 9.88. The minimum Gasteiger partial charge on any atom is -0.368 e. The molecule has 0 spiro atoms. The van der Waals surface area contributed by atoms with Gasteiger partial charge in [-0.25, -0.2) is 4.79 Å². The Morgan fingerprint density at radius 1 is 0.978 bits per heavy atom. The Morgan fingerprint density at radius 2 is 1.73 bits per heavy atom. The molecule has 45 heavy (non-hydrogen) atoms. The Balaban J connectivity index is 1.28. The molecule has 2 N–H and O–H groups in total. The Labute approximate surface area is 274 Å². The van der Waals surface area contributed by atoms with Crippen LogP contribution in [-0.4, -0.2) is 86.1 Å². The van der Waals surface area contributed by atoms with Crippen LogP contribution in [0.4, 0.5) is 16.2 Å². The number of rotatable bonds is 7. The number of fused-ring (bicyclic) bond motifs is 2. The van der Waals surface area contributed by atoms with Crippen molar-refractivity contribution in [3.05, 3.63) is 94.1 Å². The van der Waals surface area contributed by atoms with Crippen LogP contribution in [-0.2, 0) is 11.2 Å². The van der Waals surface area contributed by atoms with E-state index in [1.807, 2.05) is 97.7 Å². The number of hydrogen-bond acceptors (Lipinski definition) is 4. The summed E-state index contributed by atoms with van der Waals surface area (Å²) in [5, 5.41) is 5.59. The van der Waals surface area contributed by atoms with Crippen LogP contribution in [0.1, 0.15) is 24.0 Å². The van der Waals surface area contributed by atoms with Crippen LogP contribution in [0.15, 0.2) is 72.9 Å². The summed E-state index contributed by atoms with van der Waals surface area (Å²) in [5.41, 5.74) is 4.95. The van der Waals surface area contributed by atoms with Gasteiger partial charge in [-0.3, -0.25) is 4.79 Å². The summed E-state index contributed by atoms with van der Waals surface area (Å²) in [6.07, 6.45) is 2.80. The fourth-order valence-corrected chi connectivity index (χ4v) is 7.22. The second-order valence-electron chi connectivity index (χ2n) is 12.5. The Bertz CT molecular complexity index is 1680. The number of hydrogen-bond donors (Lipinski definition) is 2. The molecule has 3 atom stereocenters. The summed E-state index contributed by atoms with van der Waals surface area (Å²) < 4.78 is 0. The van der Waals surface area contributed by atoms with E-state index in [4.69, 9.17) is 23.2 Å². The van der Waals surface area contributed by atoms with E-state index >= 15 is 0 Å². The summed E-state index contributed by atoms with van der Waals surface area (Å²) >= 11 is 12.6. The number of halogens is 2. The van der Waals surface area contributed by atoms with Crippen LogP contribution in [0.5, 0.6) is 0 Å². The van der Waals surface area contributed by atoms with Gasteiger partial charge in [-0.2, -0.15) is 0 Å². The fourth-order valence-electron chi connectivity index (χ4n) is 6.84. The Hall–Kier alpha value is -3.72. The SMILES string of the molecule is CC(c1c[nH]c2ccccc12)C(NC(=O)N1CCN(c2cccc(Cl)c2)CC1)C(=O)N1C[C@@H](CN(C)C)Cc2cc(Cl)ccc21. The van der Waals surface area contributed by atoms with Crippen molar-refractivity contribution in [1.82, 2.24) is 20.1 Å². The van der Waals surface area contributed by atoms with Gasteiger partial charge in [0.25, 0.3) is 0 Å². The highest BCUT2D eigenvalue weighted by Gasteiger charge is 2.38. The summed E-state index contributed by atoms with van der Waals surface area (Å²) in [4.78, 5) is 40.1. The van der Waals surface area contributed by atoms with Crippen molar-refractivity contribution in [2.75, 3.05) is 63.2 Å². The topological polar surface area (TPSA) is 74.9 Å². The number of carbonyl (C=O) groups excluding carboxylic acids is 2. The van der Waals surface area contributed by atoms with E-state index < -0.39 is 6.04 Å². The third-order valence-electron chi connectivity index (χ3n) is 9.07. The minimum absolute atomic E-state index is 0.120. The molecule has 4 aromatic rings. The third kappa shape index (κ3) is 6.78. The first-order valence-corrected chi connectivity index (χ1v) is 16.3. The first-order chi connectivity index (χ1) is 21.7. The standard InChI is InChI=1S/C35H40Cl2N6O2/c1-23(30-20-38-31-10-5-4-9-29(30)31)33(39-35(45)42-15-13-41(14-16-42)28-8-6-7-26(36)19-28)34(44)43-22-24(21-40(2)3)17-25-18-27(37)11-12-32(25)43/h4-12,18-20,23-24,33,38H,13-17,21-22H2,1-3H3,(H,39,45)/t23?,24-,33?/m1/s1. The number of H-pyrrole nitrogens is 1. The van der Waals surface area contributed by atoms with Crippen LogP contribution in [0.3, 0.4) is 0 Å². The molecule has 0 bridgehead atoms. The maximum atomic E-state index is 14.8. The molecule has 6 rings (SSSR count). The van der Waals surface area contributed by atoms with Gasteiger partial charge in [-0.1, -0.05) is 54.4 Å². The number of aromatic nitrogens is 1. The van der Waals surface area contributed by atoms with Gasteiger partial charge in [0.1, 0.15) is 6.04 Å². The number of nitrogens with one attached hydrogen (secondary N) is 2. The van der Waals surface area contributed by atoms with Crippen molar-refractivity contribution in [3.8, 4) is 0 Å². The van der Waals surface area contributed by atoms with E-state index in [9.17, 15) is 9.59 Å². The molecule has 10 heteroatoms. The van der Waals surface area contributed by atoms with Crippen molar-refractivity contribution in [2.24, 2.45) is 5.92 Å². The monoisotopic (exact) mass is 646 g/mol. The summed E-state index contributed by atoms with van der Waals surface area (Å²) in [6.45, 7) is 5.86. The minimum atomic E-state index is -0.788. The molecule has 2 aliphatic rings. The van der Waals surface area contributed by atoms with Crippen molar-refractivity contribution in [1.29, 1.82) is 0 Å². The molecule has 0 saturated carbocycles. The number of carbonyl (C=O) groups is 2. The maximum absolute atomic E-state index is 14.8. The summed E-state index contributed by atoms with van der Waals surface area (Å²) in [7, 11) is 4.10. The van der Waals surface area contributed by atoms with Crippen LogP contribution >= 0.6 is 23.2 Å². The maximum Gasteiger partial charge on any atom is 0.318 e. The number of urea groups is 1. The zero-order chi connectivity index (χ0) is 31.7. The first kappa shape index (κ1) is 31.3.